The van der Waals surface area contributed by atoms with Gasteiger partial charge >= 0.3 is 11.9 Å². The molecule has 0 radical (unpaired) electrons. The Balaban J connectivity index is 1.31. The third kappa shape index (κ3) is 4.31. The van der Waals surface area contributed by atoms with Crippen LogP contribution in [-0.4, -0.2) is 61.8 Å². The van der Waals surface area contributed by atoms with Crippen molar-refractivity contribution >= 4 is 29.8 Å². The molecule has 0 N–H and O–H groups in total. The molecular formula is C36H44ClNO7. The predicted octanol–water partition coefficient (Wildman–Crippen LogP) is 6.05. The maximum atomic E-state index is 15.2. The van der Waals surface area contributed by atoms with E-state index in [4.69, 9.17) is 30.5 Å². The van der Waals surface area contributed by atoms with Crippen molar-refractivity contribution in [1.82, 2.24) is 4.90 Å². The number of fused-ring (bicyclic) bond motifs is 3. The van der Waals surface area contributed by atoms with Crippen molar-refractivity contribution in [1.29, 1.82) is 0 Å². The number of nitrogens with zero attached hydrogens (tertiary/aromatic N) is 1. The number of benzene rings is 1. The highest BCUT2D eigenvalue weighted by Gasteiger charge is 2.85. The quantitative estimate of drug-likeness (QED) is 0.184. The molecule has 4 aliphatic carbocycles. The number of morpholine rings is 1. The maximum absolute atomic E-state index is 15.2. The van der Waals surface area contributed by atoms with E-state index in [0.29, 0.717) is 48.1 Å². The van der Waals surface area contributed by atoms with Crippen LogP contribution >= 0.6 is 11.6 Å². The molecule has 1 unspecified atom stereocenters. The van der Waals surface area contributed by atoms with Crippen LogP contribution in [0.3, 0.4) is 0 Å². The van der Waals surface area contributed by atoms with Crippen molar-refractivity contribution in [3.05, 3.63) is 58.7 Å². The summed E-state index contributed by atoms with van der Waals surface area (Å²) in [5, 5.41) is 0.557. The Labute approximate surface area is 270 Å². The number of allylic oxidation sites excluding steroid dienone is 1. The number of carbonyl (C=O) groups is 3. The summed E-state index contributed by atoms with van der Waals surface area (Å²) >= 11 is 6.17. The first-order chi connectivity index (χ1) is 21.5. The third-order valence-corrected chi connectivity index (χ3v) is 12.3. The fraction of sp³-hybridized carbons (Fsp3) is 0.639. The van der Waals surface area contributed by atoms with Crippen LogP contribution in [0.15, 0.2) is 47.5 Å². The van der Waals surface area contributed by atoms with Crippen molar-refractivity contribution in [3.8, 4) is 0 Å². The van der Waals surface area contributed by atoms with Crippen LogP contribution in [0.2, 0.25) is 0 Å². The van der Waals surface area contributed by atoms with Crippen LogP contribution in [0.4, 0.5) is 0 Å². The fourth-order valence-corrected chi connectivity index (χ4v) is 10.9. The minimum Gasteiger partial charge on any atom is -0.420 e. The van der Waals surface area contributed by atoms with Gasteiger partial charge in [0.1, 0.15) is 11.7 Å². The van der Waals surface area contributed by atoms with Crippen LogP contribution in [0.25, 0.3) is 0 Å². The number of aldehydes is 1. The topological polar surface area (TPSA) is 91.4 Å². The number of hydrogen-bond donors (Lipinski definition) is 0. The second-order valence-corrected chi connectivity index (χ2v) is 15.3. The molecule has 10 atom stereocenters. The fourth-order valence-electron chi connectivity index (χ4n) is 10.7. The van der Waals surface area contributed by atoms with Gasteiger partial charge in [0.05, 0.1) is 23.7 Å². The number of hydrogen-bond acceptors (Lipinski definition) is 8. The van der Waals surface area contributed by atoms with Crippen LogP contribution < -0.4 is 0 Å². The number of cyclic esters (lactones) is 1. The van der Waals surface area contributed by atoms with Crippen molar-refractivity contribution in [2.24, 2.45) is 45.8 Å². The largest absolute Gasteiger partial charge is 0.420 e. The molecule has 9 heteroatoms. The van der Waals surface area contributed by atoms with Gasteiger partial charge in [0.25, 0.3) is 6.29 Å². The lowest BCUT2D eigenvalue weighted by Crippen LogP contribution is -2.64. The summed E-state index contributed by atoms with van der Waals surface area (Å²) in [6.45, 7) is 14.4. The van der Waals surface area contributed by atoms with E-state index in [0.717, 1.165) is 31.1 Å². The van der Waals surface area contributed by atoms with Crippen molar-refractivity contribution in [3.63, 3.8) is 0 Å². The highest BCUT2D eigenvalue weighted by molar-refractivity contribution is 6.29. The van der Waals surface area contributed by atoms with Crippen LogP contribution in [0.5, 0.6) is 0 Å². The van der Waals surface area contributed by atoms with E-state index in [-0.39, 0.29) is 36.4 Å². The first-order valence-corrected chi connectivity index (χ1v) is 16.9. The summed E-state index contributed by atoms with van der Waals surface area (Å²) in [6.07, 6.45) is 4.86. The molecule has 0 spiro atoms. The molecule has 0 aromatic heterocycles. The molecule has 8 nitrogen and oxygen atoms in total. The maximum Gasteiger partial charge on any atom is 0.342 e. The zero-order chi connectivity index (χ0) is 31.9. The number of halogens is 1. The summed E-state index contributed by atoms with van der Waals surface area (Å²) in [5.74, 6) is -0.263. The Kier molecular flexibility index (Phi) is 7.63. The van der Waals surface area contributed by atoms with Gasteiger partial charge in [0.15, 0.2) is 6.29 Å². The molecule has 1 aromatic rings. The van der Waals surface area contributed by atoms with Gasteiger partial charge in [-0.1, -0.05) is 75.2 Å². The molecule has 7 rings (SSSR count). The smallest absolute Gasteiger partial charge is 0.342 e. The van der Waals surface area contributed by atoms with Gasteiger partial charge in [-0.2, -0.15) is 0 Å². The van der Waals surface area contributed by atoms with Gasteiger partial charge in [-0.05, 0) is 61.8 Å². The molecule has 6 aliphatic rings. The van der Waals surface area contributed by atoms with Crippen LogP contribution in [0, 0.1) is 45.8 Å². The van der Waals surface area contributed by atoms with Crippen molar-refractivity contribution < 1.29 is 33.3 Å². The summed E-state index contributed by atoms with van der Waals surface area (Å²) in [7, 11) is 0. The standard InChI is InChI=1S/C36H44ClNO7/c1-20(2)29-12-24-13-34(18-39)28-11-10-21(3)27(28)14-35(24,19-42-30-17-38(15-22(4)37)16-23(5)43-30)36(29,34)33(41)45-32-26-9-7-6-8-25(26)31(40)44-32/h6-9,12,18,20-21,23-24,27-28,30,32H,4,10-11,13-17,19H2,1-3,5H3/t21-,23-,24-,27-,28-,30-,32?,34+,35+,36+/m1/s1. The summed E-state index contributed by atoms with van der Waals surface area (Å²) < 4.78 is 25.0. The van der Waals surface area contributed by atoms with Gasteiger partial charge in [0.2, 0.25) is 0 Å². The van der Waals surface area contributed by atoms with E-state index in [2.05, 4.69) is 38.3 Å². The first-order valence-electron chi connectivity index (χ1n) is 16.5. The number of ether oxygens (including phenoxy) is 4. The summed E-state index contributed by atoms with van der Waals surface area (Å²) in [4.78, 5) is 43.9. The molecule has 4 bridgehead atoms. The van der Waals surface area contributed by atoms with Gasteiger partial charge < -0.3 is 23.7 Å². The number of esters is 2. The minimum atomic E-state index is -1.25. The van der Waals surface area contributed by atoms with Gasteiger partial charge in [0, 0.05) is 35.6 Å². The molecule has 45 heavy (non-hydrogen) atoms. The van der Waals surface area contributed by atoms with E-state index in [9.17, 15) is 9.59 Å². The van der Waals surface area contributed by atoms with E-state index in [1.807, 2.05) is 6.92 Å². The van der Waals surface area contributed by atoms with Crippen LogP contribution in [-0.2, 0) is 28.5 Å². The van der Waals surface area contributed by atoms with Gasteiger partial charge in [-0.25, -0.2) is 4.79 Å². The molecule has 3 saturated carbocycles. The number of rotatable bonds is 9. The average Bonchev–Trinajstić information content (AvgIpc) is 3.66. The number of carbonyl (C=O) groups excluding carboxylic acids is 3. The molecule has 2 aliphatic heterocycles. The van der Waals surface area contributed by atoms with Crippen molar-refractivity contribution in [2.75, 3.05) is 26.2 Å². The van der Waals surface area contributed by atoms with E-state index < -0.39 is 40.8 Å². The monoisotopic (exact) mass is 637 g/mol. The van der Waals surface area contributed by atoms with E-state index in [1.165, 1.54) is 0 Å². The predicted molar refractivity (Wildman–Crippen MR) is 167 cm³/mol. The summed E-state index contributed by atoms with van der Waals surface area (Å²) in [5.41, 5.74) is -1.02. The molecule has 2 heterocycles. The average molecular weight is 638 g/mol. The molecule has 1 aromatic carbocycles. The lowest BCUT2D eigenvalue weighted by atomic mass is 9.43. The highest BCUT2D eigenvalue weighted by atomic mass is 35.5. The second kappa shape index (κ2) is 11.0. The third-order valence-electron chi connectivity index (χ3n) is 12.2. The first kappa shape index (κ1) is 31.1. The Bertz CT molecular complexity index is 1460. The Hall–Kier alpha value is -2.52. The molecular weight excluding hydrogens is 594 g/mol. The SMILES string of the molecule is C=C(Cl)CN1C[C@H](OC[C@@]23C[C@@H]4[C@H](C)CC[C@H]4[C@@]4(C=O)C[C@H]2C=C(C(C)C)[C@@]34C(=O)OC2OC(=O)c3ccccc32)O[C@H](C)C1. The Morgan fingerprint density at radius 1 is 1.20 bits per heavy atom. The van der Waals surface area contributed by atoms with Crippen LogP contribution in [0.1, 0.15) is 75.6 Å². The van der Waals surface area contributed by atoms with E-state index in [1.54, 1.807) is 24.3 Å². The Morgan fingerprint density at radius 3 is 2.71 bits per heavy atom. The lowest BCUT2D eigenvalue weighted by molar-refractivity contribution is -0.240. The minimum absolute atomic E-state index is 0.00785. The van der Waals surface area contributed by atoms with Gasteiger partial charge in [-0.15, -0.1) is 0 Å². The zero-order valence-corrected chi connectivity index (χ0v) is 27.4. The van der Waals surface area contributed by atoms with E-state index >= 15 is 4.79 Å². The van der Waals surface area contributed by atoms with Gasteiger partial charge in [-0.3, -0.25) is 9.69 Å². The second-order valence-electron chi connectivity index (χ2n) is 14.8. The summed E-state index contributed by atoms with van der Waals surface area (Å²) in [6, 6.07) is 7.00. The Morgan fingerprint density at radius 2 is 1.98 bits per heavy atom. The highest BCUT2D eigenvalue weighted by Crippen LogP contribution is 2.83. The molecule has 1 saturated heterocycles. The van der Waals surface area contributed by atoms with Crippen molar-refractivity contribution in [2.45, 2.75) is 72.1 Å². The normalized spacial score (nSPS) is 41.4. The molecule has 242 valence electrons. The molecule has 4 fully saturated rings. The zero-order valence-electron chi connectivity index (χ0n) is 26.6. The molecule has 0 amide bonds. The lowest BCUT2D eigenvalue weighted by Gasteiger charge is -2.59.